The van der Waals surface area contributed by atoms with Crippen LogP contribution in [0.3, 0.4) is 0 Å². The van der Waals surface area contributed by atoms with Crippen molar-refractivity contribution in [3.05, 3.63) is 60.2 Å². The minimum atomic E-state index is -3.42. The van der Waals surface area contributed by atoms with Crippen LogP contribution in [0.15, 0.2) is 59.5 Å². The second-order valence-corrected chi connectivity index (χ2v) is 7.53. The van der Waals surface area contributed by atoms with Crippen LogP contribution in [0.5, 0.6) is 0 Å². The predicted octanol–water partition coefficient (Wildman–Crippen LogP) is 3.42. The van der Waals surface area contributed by atoms with Crippen molar-refractivity contribution in [2.75, 3.05) is 11.9 Å². The Hall–Kier alpha value is -1.85. The van der Waals surface area contributed by atoms with Gasteiger partial charge in [0.25, 0.3) is 0 Å². The zero-order valence-corrected chi connectivity index (χ0v) is 14.4. The van der Waals surface area contributed by atoms with Crippen molar-refractivity contribution < 1.29 is 8.42 Å². The molecule has 0 aliphatic carbocycles. The van der Waals surface area contributed by atoms with Gasteiger partial charge >= 0.3 is 0 Å². The average Bonchev–Trinajstić information content (AvgIpc) is 2.52. The maximum atomic E-state index is 12.0. The largest absolute Gasteiger partial charge is 0.385 e. The highest BCUT2D eigenvalue weighted by Gasteiger charge is 2.14. The van der Waals surface area contributed by atoms with Gasteiger partial charge in [-0.2, -0.15) is 0 Å². The van der Waals surface area contributed by atoms with Crippen LogP contribution < -0.4 is 10.0 Å². The normalized spacial score (nSPS) is 11.6. The maximum Gasteiger partial charge on any atom is 0.240 e. The minimum Gasteiger partial charge on any atom is -0.385 e. The number of anilines is 1. The summed E-state index contributed by atoms with van der Waals surface area (Å²) in [6, 6.07) is 17.1. The number of rotatable bonds is 8. The van der Waals surface area contributed by atoms with Crippen LogP contribution in [0, 0.1) is 0 Å². The zero-order chi connectivity index (χ0) is 16.7. The first-order valence-corrected chi connectivity index (χ1v) is 9.36. The number of sulfonamides is 1. The molecule has 0 radical (unpaired) electrons. The molecule has 124 valence electrons. The molecule has 2 aromatic carbocycles. The quantitative estimate of drug-likeness (QED) is 0.728. The average molecular weight is 332 g/mol. The monoisotopic (exact) mass is 332 g/mol. The van der Waals surface area contributed by atoms with Crippen molar-refractivity contribution in [2.45, 2.75) is 37.6 Å². The predicted molar refractivity (Wildman–Crippen MR) is 95.2 cm³/mol. The van der Waals surface area contributed by atoms with Gasteiger partial charge in [-0.1, -0.05) is 30.3 Å². The lowest BCUT2D eigenvalue weighted by Gasteiger charge is -2.11. The third kappa shape index (κ3) is 5.69. The number of hydrogen-bond acceptors (Lipinski definition) is 3. The lowest BCUT2D eigenvalue weighted by Crippen LogP contribution is -2.30. The van der Waals surface area contributed by atoms with Gasteiger partial charge in [0, 0.05) is 18.3 Å². The molecule has 0 aliphatic rings. The highest BCUT2D eigenvalue weighted by atomic mass is 32.2. The van der Waals surface area contributed by atoms with Crippen molar-refractivity contribution in [3.63, 3.8) is 0 Å². The van der Waals surface area contributed by atoms with Crippen LogP contribution in [0.1, 0.15) is 25.8 Å². The number of benzene rings is 2. The van der Waals surface area contributed by atoms with E-state index < -0.39 is 10.0 Å². The summed E-state index contributed by atoms with van der Waals surface area (Å²) in [6.45, 7) is 4.46. The topological polar surface area (TPSA) is 58.2 Å². The van der Waals surface area contributed by atoms with E-state index in [-0.39, 0.29) is 6.04 Å². The summed E-state index contributed by atoms with van der Waals surface area (Å²) in [5, 5.41) is 3.32. The fraction of sp³-hybridized carbons (Fsp3) is 0.333. The number of aryl methyl sites for hydroxylation is 1. The summed E-state index contributed by atoms with van der Waals surface area (Å²) in [6.07, 6.45) is 2.05. The molecule has 0 aromatic heterocycles. The Kier molecular flexibility index (Phi) is 6.19. The van der Waals surface area contributed by atoms with E-state index in [1.807, 2.05) is 18.2 Å². The minimum absolute atomic E-state index is 0.115. The molecule has 4 nitrogen and oxygen atoms in total. The van der Waals surface area contributed by atoms with Gasteiger partial charge in [0.15, 0.2) is 0 Å². The first-order valence-electron chi connectivity index (χ1n) is 7.87. The molecule has 5 heteroatoms. The molecule has 0 unspecified atom stereocenters. The summed E-state index contributed by atoms with van der Waals surface area (Å²) in [5.41, 5.74) is 2.26. The Morgan fingerprint density at radius 1 is 0.957 bits per heavy atom. The molecule has 0 atom stereocenters. The maximum absolute atomic E-state index is 12.0. The fourth-order valence-corrected chi connectivity index (χ4v) is 3.55. The van der Waals surface area contributed by atoms with Gasteiger partial charge < -0.3 is 5.32 Å². The van der Waals surface area contributed by atoms with Crippen molar-refractivity contribution in [1.29, 1.82) is 0 Å². The fourth-order valence-electron chi connectivity index (χ4n) is 2.30. The summed E-state index contributed by atoms with van der Waals surface area (Å²) in [5.74, 6) is 0. The second kappa shape index (κ2) is 8.13. The van der Waals surface area contributed by atoms with Gasteiger partial charge in [0.1, 0.15) is 0 Å². The summed E-state index contributed by atoms with van der Waals surface area (Å²) in [7, 11) is -3.42. The van der Waals surface area contributed by atoms with Crippen LogP contribution in [0.2, 0.25) is 0 Å². The number of hydrogen-bond donors (Lipinski definition) is 2. The van der Waals surface area contributed by atoms with E-state index >= 15 is 0 Å². The highest BCUT2D eigenvalue weighted by molar-refractivity contribution is 7.89. The summed E-state index contributed by atoms with van der Waals surface area (Å²) in [4.78, 5) is 0.293. The van der Waals surface area contributed by atoms with Crippen LogP contribution in [0.4, 0.5) is 5.69 Å². The molecular weight excluding hydrogens is 308 g/mol. The van der Waals surface area contributed by atoms with E-state index in [0.29, 0.717) is 4.90 Å². The van der Waals surface area contributed by atoms with E-state index in [9.17, 15) is 8.42 Å². The third-order valence-corrected chi connectivity index (χ3v) is 5.04. The Morgan fingerprint density at radius 3 is 2.22 bits per heavy atom. The molecule has 0 bridgehead atoms. The van der Waals surface area contributed by atoms with Crippen molar-refractivity contribution in [3.8, 4) is 0 Å². The van der Waals surface area contributed by atoms with Gasteiger partial charge in [0.2, 0.25) is 10.0 Å². The van der Waals surface area contributed by atoms with Gasteiger partial charge in [-0.15, -0.1) is 0 Å². The molecule has 2 N–H and O–H groups in total. The standard InChI is InChI=1S/C18H24N2O2S/c1-15(2)20-23(21,22)18-12-10-17(11-13-18)19-14-6-9-16-7-4-3-5-8-16/h3-5,7-8,10-13,15,19-20H,6,9,14H2,1-2H3. The Balaban J connectivity index is 1.83. The van der Waals surface area contributed by atoms with Crippen LogP contribution in [0.25, 0.3) is 0 Å². The lowest BCUT2D eigenvalue weighted by atomic mass is 10.1. The third-order valence-electron chi connectivity index (χ3n) is 3.37. The smallest absolute Gasteiger partial charge is 0.240 e. The molecule has 0 amide bonds. The molecule has 0 fully saturated rings. The van der Waals surface area contributed by atoms with Crippen LogP contribution in [-0.2, 0) is 16.4 Å². The highest BCUT2D eigenvalue weighted by Crippen LogP contribution is 2.14. The van der Waals surface area contributed by atoms with E-state index in [4.69, 9.17) is 0 Å². The molecule has 0 spiro atoms. The van der Waals surface area contributed by atoms with E-state index in [0.717, 1.165) is 25.1 Å². The Morgan fingerprint density at radius 2 is 1.61 bits per heavy atom. The van der Waals surface area contributed by atoms with Crippen LogP contribution >= 0.6 is 0 Å². The van der Waals surface area contributed by atoms with Gasteiger partial charge in [-0.3, -0.25) is 0 Å². The first kappa shape index (κ1) is 17.5. The van der Waals surface area contributed by atoms with Crippen molar-refractivity contribution in [1.82, 2.24) is 4.72 Å². The summed E-state index contributed by atoms with van der Waals surface area (Å²) < 4.78 is 26.7. The van der Waals surface area contributed by atoms with Crippen molar-refractivity contribution in [2.24, 2.45) is 0 Å². The zero-order valence-electron chi connectivity index (χ0n) is 13.6. The molecule has 0 saturated carbocycles. The molecular formula is C18H24N2O2S. The Labute approximate surface area is 139 Å². The van der Waals surface area contributed by atoms with Gasteiger partial charge in [-0.05, 0) is 56.5 Å². The number of nitrogens with one attached hydrogen (secondary N) is 2. The van der Waals surface area contributed by atoms with Gasteiger partial charge in [-0.25, -0.2) is 13.1 Å². The van der Waals surface area contributed by atoms with E-state index in [1.165, 1.54) is 5.56 Å². The molecule has 2 rings (SSSR count). The SMILES string of the molecule is CC(C)NS(=O)(=O)c1ccc(NCCCc2ccccc2)cc1. The lowest BCUT2D eigenvalue weighted by molar-refractivity contribution is 0.570. The molecule has 0 saturated heterocycles. The Bertz CT molecular complexity index is 696. The summed E-state index contributed by atoms with van der Waals surface area (Å²) >= 11 is 0. The first-order chi connectivity index (χ1) is 11.0. The van der Waals surface area contributed by atoms with Crippen LogP contribution in [-0.4, -0.2) is 21.0 Å². The van der Waals surface area contributed by atoms with E-state index in [2.05, 4.69) is 22.2 Å². The van der Waals surface area contributed by atoms with Gasteiger partial charge in [0.05, 0.1) is 4.90 Å². The molecule has 0 heterocycles. The van der Waals surface area contributed by atoms with E-state index in [1.54, 1.807) is 38.1 Å². The molecule has 2 aromatic rings. The second-order valence-electron chi connectivity index (χ2n) is 5.82. The van der Waals surface area contributed by atoms with Crippen molar-refractivity contribution >= 4 is 15.7 Å². The molecule has 0 aliphatic heterocycles. The molecule has 23 heavy (non-hydrogen) atoms.